The maximum absolute atomic E-state index is 9.09. The summed E-state index contributed by atoms with van der Waals surface area (Å²) in [5, 5.41) is 9.09. The van der Waals surface area contributed by atoms with Crippen LogP contribution in [0.5, 0.6) is 0 Å². The van der Waals surface area contributed by atoms with E-state index in [9.17, 15) is 0 Å². The predicted molar refractivity (Wildman–Crippen MR) is 71.6 cm³/mol. The molecule has 0 saturated carbocycles. The Morgan fingerprint density at radius 2 is 2.11 bits per heavy atom. The molecule has 0 radical (unpaired) electrons. The van der Waals surface area contributed by atoms with E-state index in [1.54, 1.807) is 6.20 Å². The van der Waals surface area contributed by atoms with Gasteiger partial charge >= 0.3 is 0 Å². The van der Waals surface area contributed by atoms with E-state index in [1.807, 2.05) is 14.0 Å². The van der Waals surface area contributed by atoms with Crippen LogP contribution >= 0.6 is 0 Å². The lowest BCUT2D eigenvalue weighted by Gasteiger charge is -2.21. The highest BCUT2D eigenvalue weighted by Gasteiger charge is 2.13. The SMILES string of the molecule is Cc1nc(N(C)CCN2CCCC2)ncc1CO. The number of aliphatic hydroxyl groups excluding tert-OH is 1. The van der Waals surface area contributed by atoms with Gasteiger partial charge in [-0.3, -0.25) is 0 Å². The number of rotatable bonds is 5. The fourth-order valence-electron chi connectivity index (χ4n) is 2.22. The monoisotopic (exact) mass is 250 g/mol. The van der Waals surface area contributed by atoms with Crippen LogP contribution in [0, 0.1) is 6.92 Å². The van der Waals surface area contributed by atoms with Crippen molar-refractivity contribution in [2.24, 2.45) is 0 Å². The minimum absolute atomic E-state index is 0.00358. The minimum Gasteiger partial charge on any atom is -0.392 e. The smallest absolute Gasteiger partial charge is 0.225 e. The molecule has 1 aromatic heterocycles. The third kappa shape index (κ3) is 3.17. The molecule has 1 aliphatic rings. The predicted octanol–water partition coefficient (Wildman–Crippen LogP) is 0.809. The Bertz CT molecular complexity index is 391. The fourth-order valence-corrected chi connectivity index (χ4v) is 2.22. The quantitative estimate of drug-likeness (QED) is 0.838. The molecule has 1 fully saturated rings. The molecule has 0 aromatic carbocycles. The lowest BCUT2D eigenvalue weighted by Crippen LogP contribution is -2.32. The summed E-state index contributed by atoms with van der Waals surface area (Å²) >= 11 is 0. The Balaban J connectivity index is 1.91. The van der Waals surface area contributed by atoms with Gasteiger partial charge in [0.25, 0.3) is 0 Å². The number of hydrogen-bond acceptors (Lipinski definition) is 5. The van der Waals surface area contributed by atoms with Gasteiger partial charge in [-0.1, -0.05) is 0 Å². The standard InChI is InChI=1S/C13H22N4O/c1-11-12(10-18)9-14-13(15-11)16(2)7-8-17-5-3-4-6-17/h9,18H,3-8,10H2,1-2H3. The molecule has 0 atom stereocenters. The van der Waals surface area contributed by atoms with Gasteiger partial charge in [0.15, 0.2) is 0 Å². The molecular formula is C13H22N4O. The van der Waals surface area contributed by atoms with Crippen LogP contribution in [0.1, 0.15) is 24.1 Å². The van der Waals surface area contributed by atoms with E-state index >= 15 is 0 Å². The molecule has 5 nitrogen and oxygen atoms in total. The summed E-state index contributed by atoms with van der Waals surface area (Å²) in [6, 6.07) is 0. The van der Waals surface area contributed by atoms with Gasteiger partial charge in [0.1, 0.15) is 0 Å². The van der Waals surface area contributed by atoms with Crippen LogP contribution < -0.4 is 4.90 Å². The lowest BCUT2D eigenvalue weighted by molar-refractivity contribution is 0.280. The van der Waals surface area contributed by atoms with Crippen molar-refractivity contribution >= 4 is 5.95 Å². The number of anilines is 1. The highest BCUT2D eigenvalue weighted by atomic mass is 16.3. The zero-order chi connectivity index (χ0) is 13.0. The molecule has 1 N–H and O–H groups in total. The fraction of sp³-hybridized carbons (Fsp3) is 0.692. The second kappa shape index (κ2) is 6.11. The second-order valence-electron chi connectivity index (χ2n) is 4.91. The topological polar surface area (TPSA) is 52.5 Å². The van der Waals surface area contributed by atoms with Crippen LogP contribution in [-0.4, -0.2) is 53.2 Å². The van der Waals surface area contributed by atoms with Crippen molar-refractivity contribution in [3.63, 3.8) is 0 Å². The van der Waals surface area contributed by atoms with Crippen molar-refractivity contribution in [1.82, 2.24) is 14.9 Å². The Morgan fingerprint density at radius 1 is 1.39 bits per heavy atom. The van der Waals surface area contributed by atoms with Crippen molar-refractivity contribution in [3.05, 3.63) is 17.5 Å². The maximum Gasteiger partial charge on any atom is 0.225 e. The molecule has 100 valence electrons. The van der Waals surface area contributed by atoms with Crippen molar-refractivity contribution in [2.45, 2.75) is 26.4 Å². The average molecular weight is 250 g/mol. The van der Waals surface area contributed by atoms with Crippen molar-refractivity contribution in [2.75, 3.05) is 38.1 Å². The molecule has 0 amide bonds. The van der Waals surface area contributed by atoms with Gasteiger partial charge < -0.3 is 14.9 Å². The normalized spacial score (nSPS) is 16.2. The summed E-state index contributed by atoms with van der Waals surface area (Å²) in [6.07, 6.45) is 4.36. The number of hydrogen-bond donors (Lipinski definition) is 1. The summed E-state index contributed by atoms with van der Waals surface area (Å²) < 4.78 is 0. The van der Waals surface area contributed by atoms with E-state index in [2.05, 4.69) is 19.8 Å². The summed E-state index contributed by atoms with van der Waals surface area (Å²) in [5.41, 5.74) is 1.65. The van der Waals surface area contributed by atoms with E-state index < -0.39 is 0 Å². The highest BCUT2D eigenvalue weighted by molar-refractivity contribution is 5.31. The highest BCUT2D eigenvalue weighted by Crippen LogP contribution is 2.11. The molecule has 2 rings (SSSR count). The van der Waals surface area contributed by atoms with E-state index in [0.29, 0.717) is 0 Å². The third-order valence-corrected chi connectivity index (χ3v) is 3.53. The van der Waals surface area contributed by atoms with Crippen LogP contribution in [0.15, 0.2) is 6.20 Å². The Hall–Kier alpha value is -1.20. The Kier molecular flexibility index (Phi) is 4.49. The molecule has 0 aliphatic carbocycles. The lowest BCUT2D eigenvalue weighted by atomic mass is 10.2. The summed E-state index contributed by atoms with van der Waals surface area (Å²) in [6.45, 7) is 6.36. The Labute approximate surface area is 108 Å². The van der Waals surface area contributed by atoms with Gasteiger partial charge in [0.2, 0.25) is 5.95 Å². The molecule has 0 bridgehead atoms. The zero-order valence-electron chi connectivity index (χ0n) is 11.3. The first-order valence-electron chi connectivity index (χ1n) is 6.57. The average Bonchev–Trinajstić information content (AvgIpc) is 2.89. The number of likely N-dealkylation sites (N-methyl/N-ethyl adjacent to an activating group) is 1. The number of nitrogens with zero attached hydrogens (tertiary/aromatic N) is 4. The first kappa shape index (κ1) is 13.2. The largest absolute Gasteiger partial charge is 0.392 e. The van der Waals surface area contributed by atoms with E-state index in [1.165, 1.54) is 25.9 Å². The van der Waals surface area contributed by atoms with Gasteiger partial charge in [-0.05, 0) is 32.9 Å². The van der Waals surface area contributed by atoms with Crippen LogP contribution in [0.2, 0.25) is 0 Å². The number of aliphatic hydroxyl groups is 1. The first-order chi connectivity index (χ1) is 8.70. The van der Waals surface area contributed by atoms with E-state index in [4.69, 9.17) is 5.11 Å². The molecule has 1 saturated heterocycles. The van der Waals surface area contributed by atoms with Crippen molar-refractivity contribution in [3.8, 4) is 0 Å². The summed E-state index contributed by atoms with van der Waals surface area (Å²) in [5.74, 6) is 0.740. The summed E-state index contributed by atoms with van der Waals surface area (Å²) in [4.78, 5) is 13.3. The molecule has 1 aromatic rings. The van der Waals surface area contributed by atoms with Crippen LogP contribution in [-0.2, 0) is 6.61 Å². The number of likely N-dealkylation sites (tertiary alicyclic amines) is 1. The molecule has 5 heteroatoms. The molecule has 0 unspecified atom stereocenters. The zero-order valence-corrected chi connectivity index (χ0v) is 11.3. The van der Waals surface area contributed by atoms with Crippen LogP contribution in [0.3, 0.4) is 0 Å². The summed E-state index contributed by atoms with van der Waals surface area (Å²) in [7, 11) is 2.02. The van der Waals surface area contributed by atoms with Crippen molar-refractivity contribution in [1.29, 1.82) is 0 Å². The van der Waals surface area contributed by atoms with Gasteiger partial charge in [-0.15, -0.1) is 0 Å². The molecule has 1 aliphatic heterocycles. The second-order valence-corrected chi connectivity index (χ2v) is 4.91. The van der Waals surface area contributed by atoms with Crippen molar-refractivity contribution < 1.29 is 5.11 Å². The van der Waals surface area contributed by atoms with Gasteiger partial charge in [0.05, 0.1) is 6.61 Å². The van der Waals surface area contributed by atoms with E-state index in [0.717, 1.165) is 30.3 Å². The minimum atomic E-state index is 0.00358. The Morgan fingerprint density at radius 3 is 2.72 bits per heavy atom. The molecule has 2 heterocycles. The van der Waals surface area contributed by atoms with Crippen LogP contribution in [0.25, 0.3) is 0 Å². The molecular weight excluding hydrogens is 228 g/mol. The molecule has 18 heavy (non-hydrogen) atoms. The number of aromatic nitrogens is 2. The van der Waals surface area contributed by atoms with Gasteiger partial charge in [-0.2, -0.15) is 0 Å². The van der Waals surface area contributed by atoms with Gasteiger partial charge in [-0.25, -0.2) is 9.97 Å². The molecule has 0 spiro atoms. The van der Waals surface area contributed by atoms with E-state index in [-0.39, 0.29) is 6.61 Å². The van der Waals surface area contributed by atoms with Crippen LogP contribution in [0.4, 0.5) is 5.95 Å². The first-order valence-corrected chi connectivity index (χ1v) is 6.57. The van der Waals surface area contributed by atoms with Gasteiger partial charge in [0, 0.05) is 37.6 Å². The number of aryl methyl sites for hydroxylation is 1. The third-order valence-electron chi connectivity index (χ3n) is 3.53. The maximum atomic E-state index is 9.09.